The molecule has 0 saturated carbocycles. The van der Waals surface area contributed by atoms with Gasteiger partial charge in [-0.25, -0.2) is 4.98 Å². The molecule has 4 aromatic rings. The fraction of sp³-hybridized carbons (Fsp3) is 0.200. The molecule has 0 radical (unpaired) electrons. The SMILES string of the molecule is CC(C)(C)C1=CC(c2ncn[nH]2)=CCC1(c1ccccc1)c1ccc(-c2ccccc2)cc1. The second-order valence-electron chi connectivity index (χ2n) is 9.72. The van der Waals surface area contributed by atoms with E-state index in [2.05, 4.69) is 133 Å². The zero-order valence-electron chi connectivity index (χ0n) is 19.4. The Morgan fingerprint density at radius 2 is 1.36 bits per heavy atom. The van der Waals surface area contributed by atoms with Crippen LogP contribution in [0.4, 0.5) is 0 Å². The maximum absolute atomic E-state index is 4.42. The van der Waals surface area contributed by atoms with Crippen molar-refractivity contribution in [3.8, 4) is 11.1 Å². The number of hydrogen-bond acceptors (Lipinski definition) is 2. The Morgan fingerprint density at radius 3 is 1.97 bits per heavy atom. The highest BCUT2D eigenvalue weighted by atomic mass is 15.2. The van der Waals surface area contributed by atoms with E-state index in [4.69, 9.17) is 0 Å². The second kappa shape index (κ2) is 8.32. The molecule has 0 amide bonds. The van der Waals surface area contributed by atoms with Crippen LogP contribution >= 0.6 is 0 Å². The summed E-state index contributed by atoms with van der Waals surface area (Å²) in [6, 6.07) is 30.6. The molecule has 33 heavy (non-hydrogen) atoms. The molecule has 1 unspecified atom stereocenters. The third-order valence-corrected chi connectivity index (χ3v) is 6.64. The van der Waals surface area contributed by atoms with E-state index in [1.54, 1.807) is 6.33 Å². The molecule has 3 nitrogen and oxygen atoms in total. The lowest BCUT2D eigenvalue weighted by Crippen LogP contribution is -2.37. The molecule has 1 atom stereocenters. The van der Waals surface area contributed by atoms with Crippen molar-refractivity contribution >= 4 is 5.57 Å². The number of nitrogens with one attached hydrogen (secondary N) is 1. The number of benzene rings is 3. The molecule has 3 heteroatoms. The third-order valence-electron chi connectivity index (χ3n) is 6.64. The quantitative estimate of drug-likeness (QED) is 0.371. The number of aromatic amines is 1. The Bertz CT molecular complexity index is 1280. The van der Waals surface area contributed by atoms with Gasteiger partial charge in [0, 0.05) is 11.0 Å². The van der Waals surface area contributed by atoms with Gasteiger partial charge in [0.25, 0.3) is 0 Å². The number of H-pyrrole nitrogens is 1. The average molecular weight is 432 g/mol. The van der Waals surface area contributed by atoms with Crippen molar-refractivity contribution in [1.82, 2.24) is 15.2 Å². The van der Waals surface area contributed by atoms with Crippen LogP contribution in [-0.4, -0.2) is 15.2 Å². The number of hydrogen-bond donors (Lipinski definition) is 1. The molecule has 1 heterocycles. The normalized spacial score (nSPS) is 18.5. The summed E-state index contributed by atoms with van der Waals surface area (Å²) in [5.74, 6) is 0.817. The first-order valence-electron chi connectivity index (χ1n) is 11.5. The number of aromatic nitrogens is 3. The Balaban J connectivity index is 1.69. The van der Waals surface area contributed by atoms with Crippen molar-refractivity contribution in [2.45, 2.75) is 32.6 Å². The third kappa shape index (κ3) is 3.84. The summed E-state index contributed by atoms with van der Waals surface area (Å²) in [6.45, 7) is 6.91. The van der Waals surface area contributed by atoms with Gasteiger partial charge in [-0.05, 0) is 39.7 Å². The van der Waals surface area contributed by atoms with E-state index in [9.17, 15) is 0 Å². The summed E-state index contributed by atoms with van der Waals surface area (Å²) in [5, 5.41) is 7.11. The Morgan fingerprint density at radius 1 is 0.758 bits per heavy atom. The Hall–Kier alpha value is -3.72. The van der Waals surface area contributed by atoms with Gasteiger partial charge in [-0.1, -0.05) is 118 Å². The van der Waals surface area contributed by atoms with Gasteiger partial charge >= 0.3 is 0 Å². The highest BCUT2D eigenvalue weighted by molar-refractivity contribution is 5.75. The minimum atomic E-state index is -0.252. The molecule has 1 aliphatic rings. The summed E-state index contributed by atoms with van der Waals surface area (Å²) in [7, 11) is 0. The average Bonchev–Trinajstić information content (AvgIpc) is 3.39. The van der Waals surface area contributed by atoms with E-state index in [1.807, 2.05) is 0 Å². The van der Waals surface area contributed by atoms with E-state index in [1.165, 1.54) is 27.8 Å². The van der Waals surface area contributed by atoms with Gasteiger partial charge in [-0.2, -0.15) is 5.10 Å². The molecular formula is C30H29N3. The number of nitrogens with zero attached hydrogens (tertiary/aromatic N) is 2. The van der Waals surface area contributed by atoms with E-state index >= 15 is 0 Å². The second-order valence-corrected chi connectivity index (χ2v) is 9.72. The molecular weight excluding hydrogens is 402 g/mol. The highest BCUT2D eigenvalue weighted by Crippen LogP contribution is 2.52. The van der Waals surface area contributed by atoms with Crippen molar-refractivity contribution in [3.05, 3.63) is 126 Å². The lowest BCUT2D eigenvalue weighted by Gasteiger charge is -2.45. The first kappa shape index (κ1) is 21.1. The molecule has 3 aromatic carbocycles. The van der Waals surface area contributed by atoms with Crippen molar-refractivity contribution in [1.29, 1.82) is 0 Å². The van der Waals surface area contributed by atoms with Crippen molar-refractivity contribution in [3.63, 3.8) is 0 Å². The van der Waals surface area contributed by atoms with Gasteiger partial charge in [0.05, 0.1) is 0 Å². The van der Waals surface area contributed by atoms with E-state index in [-0.39, 0.29) is 10.8 Å². The van der Waals surface area contributed by atoms with Crippen LogP contribution < -0.4 is 0 Å². The summed E-state index contributed by atoms with van der Waals surface area (Å²) < 4.78 is 0. The van der Waals surface area contributed by atoms with Crippen LogP contribution in [0.1, 0.15) is 44.1 Å². The Kier molecular flexibility index (Phi) is 5.33. The van der Waals surface area contributed by atoms with Crippen LogP contribution in [0, 0.1) is 5.41 Å². The number of allylic oxidation sites excluding steroid dienone is 4. The lowest BCUT2D eigenvalue weighted by atomic mass is 9.58. The van der Waals surface area contributed by atoms with Gasteiger partial charge in [-0.15, -0.1) is 0 Å². The molecule has 0 saturated heterocycles. The first-order valence-corrected chi connectivity index (χ1v) is 11.5. The molecule has 1 N–H and O–H groups in total. The van der Waals surface area contributed by atoms with Gasteiger partial charge in [0.2, 0.25) is 0 Å². The van der Waals surface area contributed by atoms with Crippen LogP contribution in [0.3, 0.4) is 0 Å². The Labute approximate surface area is 195 Å². The molecule has 0 aliphatic heterocycles. The minimum absolute atomic E-state index is 0.0481. The van der Waals surface area contributed by atoms with Crippen molar-refractivity contribution < 1.29 is 0 Å². The largest absolute Gasteiger partial charge is 0.259 e. The van der Waals surface area contributed by atoms with Gasteiger partial charge in [0.15, 0.2) is 5.82 Å². The van der Waals surface area contributed by atoms with Gasteiger partial charge < -0.3 is 0 Å². The molecule has 0 bridgehead atoms. The smallest absolute Gasteiger partial charge is 0.155 e. The zero-order chi connectivity index (χ0) is 22.9. The monoisotopic (exact) mass is 431 g/mol. The molecule has 164 valence electrons. The summed E-state index contributed by atoms with van der Waals surface area (Å²) in [5.41, 5.74) is 7.27. The van der Waals surface area contributed by atoms with E-state index in [0.29, 0.717) is 0 Å². The topological polar surface area (TPSA) is 41.6 Å². The van der Waals surface area contributed by atoms with Crippen molar-refractivity contribution in [2.24, 2.45) is 5.41 Å². The highest BCUT2D eigenvalue weighted by Gasteiger charge is 2.43. The van der Waals surface area contributed by atoms with Crippen LogP contribution in [0.25, 0.3) is 16.7 Å². The van der Waals surface area contributed by atoms with E-state index in [0.717, 1.165) is 17.8 Å². The first-order chi connectivity index (χ1) is 16.0. The maximum Gasteiger partial charge on any atom is 0.155 e. The van der Waals surface area contributed by atoms with Crippen LogP contribution in [-0.2, 0) is 5.41 Å². The van der Waals surface area contributed by atoms with Gasteiger partial charge in [0.1, 0.15) is 6.33 Å². The molecule has 1 aliphatic carbocycles. The van der Waals surface area contributed by atoms with Crippen LogP contribution in [0.5, 0.6) is 0 Å². The fourth-order valence-corrected chi connectivity index (χ4v) is 5.09. The van der Waals surface area contributed by atoms with Crippen LogP contribution in [0.15, 0.2) is 109 Å². The molecule has 5 rings (SSSR count). The molecule has 0 fully saturated rings. The predicted octanol–water partition coefficient (Wildman–Crippen LogP) is 7.22. The fourth-order valence-electron chi connectivity index (χ4n) is 5.09. The predicted molar refractivity (Wildman–Crippen MR) is 136 cm³/mol. The summed E-state index contributed by atoms with van der Waals surface area (Å²) in [6.07, 6.45) is 7.05. The zero-order valence-corrected chi connectivity index (χ0v) is 19.4. The van der Waals surface area contributed by atoms with Gasteiger partial charge in [-0.3, -0.25) is 5.10 Å². The number of rotatable bonds is 4. The summed E-state index contributed by atoms with van der Waals surface area (Å²) in [4.78, 5) is 4.42. The molecule has 1 aromatic heterocycles. The maximum atomic E-state index is 4.42. The molecule has 0 spiro atoms. The van der Waals surface area contributed by atoms with Crippen molar-refractivity contribution in [2.75, 3.05) is 0 Å². The van der Waals surface area contributed by atoms with E-state index < -0.39 is 0 Å². The standard InChI is InChI=1S/C30H29N3/c1-29(2,3)27-20-24(28-31-21-32-33-28)18-19-30(27,25-12-8-5-9-13-25)26-16-14-23(15-17-26)22-10-6-4-7-11-22/h4-18,20-21H,19H2,1-3H3,(H,31,32,33). The van der Waals surface area contributed by atoms with Crippen LogP contribution in [0.2, 0.25) is 0 Å². The lowest BCUT2D eigenvalue weighted by molar-refractivity contribution is 0.411. The summed E-state index contributed by atoms with van der Waals surface area (Å²) >= 11 is 0. The minimum Gasteiger partial charge on any atom is -0.259 e.